The van der Waals surface area contributed by atoms with Crippen LogP contribution in [-0.4, -0.2) is 48.0 Å². The van der Waals surface area contributed by atoms with Crippen LogP contribution in [0.1, 0.15) is 24.3 Å². The molecule has 1 aromatic heterocycles. The summed E-state index contributed by atoms with van der Waals surface area (Å²) in [5, 5.41) is 0. The molecule has 31 heavy (non-hydrogen) atoms. The molecule has 0 saturated carbocycles. The van der Waals surface area contributed by atoms with Gasteiger partial charge in [0.2, 0.25) is 0 Å². The van der Waals surface area contributed by atoms with Gasteiger partial charge < -0.3 is 23.7 Å². The van der Waals surface area contributed by atoms with E-state index in [2.05, 4.69) is 0 Å². The summed E-state index contributed by atoms with van der Waals surface area (Å²) < 4.78 is 24.7. The fourth-order valence-corrected chi connectivity index (χ4v) is 3.57. The highest BCUT2D eigenvalue weighted by atomic mass is 16.6. The zero-order valence-electron chi connectivity index (χ0n) is 17.9. The van der Waals surface area contributed by atoms with E-state index < -0.39 is 29.7 Å². The minimum Gasteiger partial charge on any atom is -0.382 e. The lowest BCUT2D eigenvalue weighted by atomic mass is 10.0. The molecule has 1 fully saturated rings. The third-order valence-corrected chi connectivity index (χ3v) is 5.32. The van der Waals surface area contributed by atoms with Gasteiger partial charge in [-0.2, -0.15) is 0 Å². The third-order valence-electron chi connectivity index (χ3n) is 5.32. The predicted octanol–water partition coefficient (Wildman–Crippen LogP) is 1.26. The van der Waals surface area contributed by atoms with E-state index in [1.807, 2.05) is 37.3 Å². The van der Waals surface area contributed by atoms with E-state index in [4.69, 9.17) is 18.9 Å². The Morgan fingerprint density at radius 3 is 2.58 bits per heavy atom. The Morgan fingerprint density at radius 1 is 1.16 bits per heavy atom. The van der Waals surface area contributed by atoms with Crippen LogP contribution < -0.4 is 11.2 Å². The molecule has 2 aromatic rings. The molecule has 1 saturated heterocycles. The summed E-state index contributed by atoms with van der Waals surface area (Å²) in [7, 11) is 1.56. The maximum atomic E-state index is 13.1. The summed E-state index contributed by atoms with van der Waals surface area (Å²) in [5.41, 5.74) is 0.248. The number of aromatic nitrogens is 2. The number of rotatable bonds is 10. The first-order chi connectivity index (χ1) is 15.0. The van der Waals surface area contributed by atoms with E-state index in [1.54, 1.807) is 14.0 Å². The molecular formula is C22H28N2O7. The van der Waals surface area contributed by atoms with Gasteiger partial charge in [-0.05, 0) is 12.5 Å². The van der Waals surface area contributed by atoms with Crippen molar-refractivity contribution in [2.24, 2.45) is 5.92 Å². The molecule has 1 aliphatic heterocycles. The first-order valence-corrected chi connectivity index (χ1v) is 10.1. The average Bonchev–Trinajstić information content (AvgIpc) is 3.09. The Balaban J connectivity index is 1.86. The van der Waals surface area contributed by atoms with Crippen molar-refractivity contribution in [3.63, 3.8) is 0 Å². The number of hydrogen-bond acceptors (Lipinski definition) is 7. The van der Waals surface area contributed by atoms with Crippen LogP contribution in [0.5, 0.6) is 0 Å². The largest absolute Gasteiger partial charge is 0.382 e. The van der Waals surface area contributed by atoms with E-state index in [9.17, 15) is 14.4 Å². The van der Waals surface area contributed by atoms with Crippen LogP contribution in [0.4, 0.5) is 0 Å². The predicted molar refractivity (Wildman–Crippen MR) is 112 cm³/mol. The molecule has 9 nitrogen and oxygen atoms in total. The topological polar surface area (TPSA) is 98.0 Å². The number of methoxy groups -OCH3 is 1. The fraction of sp³-hybridized carbons (Fsp3) is 0.500. The second-order valence-corrected chi connectivity index (χ2v) is 7.51. The Labute approximate surface area is 180 Å². The lowest BCUT2D eigenvalue weighted by Gasteiger charge is -2.24. The van der Waals surface area contributed by atoms with Crippen LogP contribution >= 0.6 is 0 Å². The number of aryl methyl sites for hydroxylation is 1. The number of hydrogen-bond donors (Lipinski definition) is 0. The molecule has 9 heteroatoms. The number of benzene rings is 1. The van der Waals surface area contributed by atoms with Gasteiger partial charge >= 0.3 is 5.69 Å². The number of aldehydes is 1. The molecule has 0 unspecified atom stereocenters. The van der Waals surface area contributed by atoms with Gasteiger partial charge in [0.25, 0.3) is 5.56 Å². The van der Waals surface area contributed by atoms with Gasteiger partial charge in [-0.1, -0.05) is 37.3 Å². The van der Waals surface area contributed by atoms with Crippen LogP contribution in [0.15, 0.2) is 46.1 Å². The lowest BCUT2D eigenvalue weighted by Crippen LogP contribution is -2.44. The highest BCUT2D eigenvalue weighted by molar-refractivity contribution is 5.57. The third kappa shape index (κ3) is 5.19. The molecule has 2 heterocycles. The minimum atomic E-state index is -0.853. The maximum absolute atomic E-state index is 13.1. The molecule has 1 aromatic carbocycles. The molecular weight excluding hydrogens is 404 g/mol. The molecule has 0 amide bonds. The lowest BCUT2D eigenvalue weighted by molar-refractivity contribution is -0.122. The first-order valence-electron chi connectivity index (χ1n) is 10.1. The van der Waals surface area contributed by atoms with Gasteiger partial charge in [0.05, 0.1) is 19.8 Å². The van der Waals surface area contributed by atoms with Crippen molar-refractivity contribution < 1.29 is 23.7 Å². The van der Waals surface area contributed by atoms with Crippen molar-refractivity contribution in [3.8, 4) is 0 Å². The fourth-order valence-electron chi connectivity index (χ4n) is 3.57. The molecule has 4 atom stereocenters. The van der Waals surface area contributed by atoms with Crippen molar-refractivity contribution in [3.05, 3.63) is 68.5 Å². The number of carbonyl (C=O) groups excluding carboxylic acids is 1. The van der Waals surface area contributed by atoms with Crippen LogP contribution in [0, 0.1) is 12.8 Å². The molecule has 3 rings (SSSR count). The van der Waals surface area contributed by atoms with Gasteiger partial charge in [0.1, 0.15) is 25.2 Å². The SMILES string of the molecule is COCCO[C@@H]1[C@H](C)[C@@H](C=O)O[C@H]1n1cc(C)c(=O)n(COCc2ccccc2)c1=O. The van der Waals surface area contributed by atoms with Crippen molar-refractivity contribution in [1.29, 1.82) is 0 Å². The summed E-state index contributed by atoms with van der Waals surface area (Å²) in [4.78, 5) is 37.2. The highest BCUT2D eigenvalue weighted by Crippen LogP contribution is 2.34. The second kappa shape index (κ2) is 10.6. The Morgan fingerprint density at radius 2 is 1.90 bits per heavy atom. The van der Waals surface area contributed by atoms with Crippen LogP contribution in [0.25, 0.3) is 0 Å². The van der Waals surface area contributed by atoms with E-state index >= 15 is 0 Å². The normalized spacial score (nSPS) is 23.2. The van der Waals surface area contributed by atoms with Crippen molar-refractivity contribution >= 4 is 6.29 Å². The van der Waals surface area contributed by atoms with Gasteiger partial charge in [0, 0.05) is 24.8 Å². The zero-order chi connectivity index (χ0) is 22.4. The van der Waals surface area contributed by atoms with Crippen molar-refractivity contribution in [1.82, 2.24) is 9.13 Å². The summed E-state index contributed by atoms with van der Waals surface area (Å²) in [6.07, 6.45) is 0.0106. The second-order valence-electron chi connectivity index (χ2n) is 7.51. The van der Waals surface area contributed by atoms with Crippen LogP contribution in [0.2, 0.25) is 0 Å². The molecule has 0 spiro atoms. The summed E-state index contributed by atoms with van der Waals surface area (Å²) in [6.45, 7) is 4.14. The first kappa shape index (κ1) is 23.1. The Kier molecular flexibility index (Phi) is 7.91. The van der Waals surface area contributed by atoms with Gasteiger partial charge in [0.15, 0.2) is 6.23 Å². The monoisotopic (exact) mass is 432 g/mol. The molecule has 168 valence electrons. The molecule has 0 radical (unpaired) electrons. The average molecular weight is 432 g/mol. The Bertz CT molecular complexity index is 986. The quantitative estimate of drug-likeness (QED) is 0.412. The van der Waals surface area contributed by atoms with Crippen LogP contribution in [0.3, 0.4) is 0 Å². The number of ether oxygens (including phenoxy) is 4. The maximum Gasteiger partial charge on any atom is 0.335 e. The smallest absolute Gasteiger partial charge is 0.335 e. The van der Waals surface area contributed by atoms with E-state index in [1.165, 1.54) is 10.8 Å². The molecule has 0 bridgehead atoms. The summed E-state index contributed by atoms with van der Waals surface area (Å²) in [5.74, 6) is -0.277. The number of nitrogens with zero attached hydrogens (tertiary/aromatic N) is 2. The summed E-state index contributed by atoms with van der Waals surface area (Å²) >= 11 is 0. The standard InChI is InChI=1S/C22H28N2O7/c1-15-11-23(21-19(30-10-9-28-3)16(2)18(12-25)31-21)22(27)24(20(15)26)14-29-13-17-7-5-4-6-8-17/h4-8,11-12,16,18-19,21H,9-10,13-14H2,1-3H3/t16-,18-,19-,21-/m1/s1. The van der Waals surface area contributed by atoms with Gasteiger partial charge in [-0.25, -0.2) is 9.36 Å². The van der Waals surface area contributed by atoms with Gasteiger partial charge in [-0.3, -0.25) is 9.36 Å². The Hall–Kier alpha value is -2.59. The van der Waals surface area contributed by atoms with Gasteiger partial charge in [-0.15, -0.1) is 0 Å². The van der Waals surface area contributed by atoms with Crippen LogP contribution in [-0.2, 0) is 37.1 Å². The minimum absolute atomic E-state index is 0.206. The summed E-state index contributed by atoms with van der Waals surface area (Å²) in [6, 6.07) is 9.46. The van der Waals surface area contributed by atoms with E-state index in [0.717, 1.165) is 10.1 Å². The van der Waals surface area contributed by atoms with Crippen molar-refractivity contribution in [2.75, 3.05) is 20.3 Å². The van der Waals surface area contributed by atoms with E-state index in [0.29, 0.717) is 18.5 Å². The molecule has 1 aliphatic rings. The molecule has 0 aliphatic carbocycles. The molecule has 0 N–H and O–H groups in total. The zero-order valence-corrected chi connectivity index (χ0v) is 17.9. The van der Waals surface area contributed by atoms with Crippen molar-refractivity contribution in [2.45, 2.75) is 45.6 Å². The highest BCUT2D eigenvalue weighted by Gasteiger charge is 2.44. The van der Waals surface area contributed by atoms with E-state index in [-0.39, 0.29) is 25.9 Å². The number of carbonyl (C=O) groups is 1.